The van der Waals surface area contributed by atoms with E-state index in [-0.39, 0.29) is 5.69 Å². The number of anilines is 1. The second kappa shape index (κ2) is 8.50. The quantitative estimate of drug-likeness (QED) is 0.747. The van der Waals surface area contributed by atoms with Crippen molar-refractivity contribution < 1.29 is 4.74 Å². The largest absolute Gasteiger partial charge is 0.493 e. The minimum atomic E-state index is -0.377. The van der Waals surface area contributed by atoms with Gasteiger partial charge in [-0.1, -0.05) is 29.8 Å². The molecule has 0 aliphatic heterocycles. The van der Waals surface area contributed by atoms with Crippen molar-refractivity contribution in [2.45, 2.75) is 6.92 Å². The molecule has 3 N–H and O–H groups in total. The summed E-state index contributed by atoms with van der Waals surface area (Å²) in [6.45, 7) is 2.38. The number of rotatable bonds is 4. The maximum Gasteiger partial charge on any atom is 0.354 e. The Bertz CT molecular complexity index is 910. The van der Waals surface area contributed by atoms with Crippen molar-refractivity contribution in [2.24, 2.45) is 5.73 Å². The Morgan fingerprint density at radius 3 is 2.52 bits per heavy atom. The maximum absolute atomic E-state index is 12.5. The number of nitrogens with zero attached hydrogens (tertiary/aromatic N) is 2. The van der Waals surface area contributed by atoms with E-state index in [1.807, 2.05) is 37.3 Å². The van der Waals surface area contributed by atoms with Gasteiger partial charge in [-0.25, -0.2) is 4.79 Å². The number of nitrogens with one attached hydrogen (secondary N) is 1. The Morgan fingerprint density at radius 1 is 1.24 bits per heavy atom. The van der Waals surface area contributed by atoms with Crippen LogP contribution in [0.25, 0.3) is 16.6 Å². The van der Waals surface area contributed by atoms with Gasteiger partial charge in [-0.05, 0) is 38.2 Å². The first kappa shape index (κ1) is 18.8. The van der Waals surface area contributed by atoms with E-state index >= 15 is 0 Å². The van der Waals surface area contributed by atoms with Gasteiger partial charge in [0, 0.05) is 12.1 Å². The molecule has 0 fully saturated rings. The maximum atomic E-state index is 12.5. The molecule has 0 radical (unpaired) electrons. The van der Waals surface area contributed by atoms with Crippen LogP contribution >= 0.6 is 11.6 Å². The lowest BCUT2D eigenvalue weighted by atomic mass is 10.2. The number of hydrogen-bond acceptors (Lipinski definition) is 5. The highest BCUT2D eigenvalue weighted by atomic mass is 35.5. The monoisotopic (exact) mass is 360 g/mol. The van der Waals surface area contributed by atoms with Crippen molar-refractivity contribution in [3.63, 3.8) is 0 Å². The summed E-state index contributed by atoms with van der Waals surface area (Å²) in [5, 5.41) is 4.18. The van der Waals surface area contributed by atoms with Crippen LogP contribution in [0.3, 0.4) is 0 Å². The molecule has 0 atom stereocenters. The molecule has 0 saturated heterocycles. The highest BCUT2D eigenvalue weighted by Crippen LogP contribution is 2.34. The highest BCUT2D eigenvalue weighted by Gasteiger charge is 2.16. The SMILES string of the molecule is CCOc1cc(Cl)cc2c1c(NC)nc(=O)n2-c1ccccc1.CN. The van der Waals surface area contributed by atoms with E-state index in [0.717, 1.165) is 11.1 Å². The topological polar surface area (TPSA) is 82.2 Å². The van der Waals surface area contributed by atoms with Crippen molar-refractivity contribution in [3.8, 4) is 11.4 Å². The fourth-order valence-electron chi connectivity index (χ4n) is 2.56. The Kier molecular flexibility index (Phi) is 6.38. The van der Waals surface area contributed by atoms with E-state index < -0.39 is 0 Å². The van der Waals surface area contributed by atoms with E-state index in [0.29, 0.717) is 28.7 Å². The lowest BCUT2D eigenvalue weighted by molar-refractivity contribution is 0.344. The van der Waals surface area contributed by atoms with Crippen LogP contribution in [0, 0.1) is 0 Å². The molecular formula is C18H21ClN4O2. The van der Waals surface area contributed by atoms with Gasteiger partial charge in [0.25, 0.3) is 0 Å². The average Bonchev–Trinajstić information content (AvgIpc) is 2.63. The van der Waals surface area contributed by atoms with Crippen LogP contribution in [0.15, 0.2) is 47.3 Å². The van der Waals surface area contributed by atoms with Crippen LogP contribution < -0.4 is 21.5 Å². The summed E-state index contributed by atoms with van der Waals surface area (Å²) < 4.78 is 7.23. The third-order valence-corrected chi connectivity index (χ3v) is 3.69. The van der Waals surface area contributed by atoms with Gasteiger partial charge >= 0.3 is 5.69 Å². The van der Waals surface area contributed by atoms with Crippen LogP contribution in [0.4, 0.5) is 5.82 Å². The van der Waals surface area contributed by atoms with Gasteiger partial charge in [0.1, 0.15) is 11.6 Å². The summed E-state index contributed by atoms with van der Waals surface area (Å²) in [6, 6.07) is 12.8. The zero-order valence-electron chi connectivity index (χ0n) is 14.4. The van der Waals surface area contributed by atoms with E-state index in [1.54, 1.807) is 19.2 Å². The summed E-state index contributed by atoms with van der Waals surface area (Å²) in [7, 11) is 3.22. The average molecular weight is 361 g/mol. The standard InChI is InChI=1S/C17H16ClN3O2.CH5N/c1-3-23-14-10-11(18)9-13-15(14)16(19-2)20-17(22)21(13)12-7-5-4-6-8-12;1-2/h4-10H,3H2,1-2H3,(H,19,20,22);2H2,1H3. The Balaban J connectivity index is 0.00000109. The van der Waals surface area contributed by atoms with Crippen LogP contribution in [-0.2, 0) is 0 Å². The van der Waals surface area contributed by atoms with Crippen LogP contribution in [0.2, 0.25) is 5.02 Å². The molecule has 1 aromatic heterocycles. The third kappa shape index (κ3) is 3.75. The molecule has 0 amide bonds. The molecule has 0 aliphatic carbocycles. The fraction of sp³-hybridized carbons (Fsp3) is 0.222. The van der Waals surface area contributed by atoms with Crippen molar-refractivity contribution in [1.29, 1.82) is 0 Å². The Labute approximate surface area is 151 Å². The van der Waals surface area contributed by atoms with Crippen molar-refractivity contribution >= 4 is 28.3 Å². The summed E-state index contributed by atoms with van der Waals surface area (Å²) in [5.41, 5.74) is 5.50. The number of aromatic nitrogens is 2. The number of benzene rings is 2. The molecule has 132 valence electrons. The summed E-state index contributed by atoms with van der Waals surface area (Å²) in [5.74, 6) is 1.06. The summed E-state index contributed by atoms with van der Waals surface area (Å²) in [4.78, 5) is 16.7. The lowest BCUT2D eigenvalue weighted by Gasteiger charge is -2.16. The van der Waals surface area contributed by atoms with Crippen molar-refractivity contribution in [1.82, 2.24) is 9.55 Å². The molecule has 6 nitrogen and oxygen atoms in total. The smallest absolute Gasteiger partial charge is 0.354 e. The summed E-state index contributed by atoms with van der Waals surface area (Å²) >= 11 is 6.23. The van der Waals surface area contributed by atoms with Crippen LogP contribution in [-0.4, -0.2) is 30.3 Å². The first-order chi connectivity index (χ1) is 12.2. The zero-order chi connectivity index (χ0) is 18.4. The van der Waals surface area contributed by atoms with Crippen molar-refractivity contribution in [3.05, 3.63) is 58.0 Å². The molecule has 25 heavy (non-hydrogen) atoms. The Morgan fingerprint density at radius 2 is 1.92 bits per heavy atom. The minimum absolute atomic E-state index is 0.377. The molecule has 0 spiro atoms. The molecule has 2 aromatic carbocycles. The number of nitrogens with two attached hydrogens (primary N) is 1. The molecule has 3 rings (SSSR count). The van der Waals surface area contributed by atoms with Gasteiger partial charge in [0.2, 0.25) is 0 Å². The van der Waals surface area contributed by atoms with Gasteiger partial charge < -0.3 is 15.8 Å². The lowest BCUT2D eigenvalue weighted by Crippen LogP contribution is -2.23. The second-order valence-electron chi connectivity index (χ2n) is 4.90. The molecule has 7 heteroatoms. The van der Waals surface area contributed by atoms with Gasteiger partial charge in [-0.2, -0.15) is 4.98 Å². The predicted molar refractivity (Wildman–Crippen MR) is 103 cm³/mol. The molecular weight excluding hydrogens is 340 g/mol. The van der Waals surface area contributed by atoms with E-state index in [1.165, 1.54) is 11.6 Å². The molecule has 0 saturated carbocycles. The predicted octanol–water partition coefficient (Wildman–Crippen LogP) is 3.05. The molecule has 1 heterocycles. The number of fused-ring (bicyclic) bond motifs is 1. The van der Waals surface area contributed by atoms with Gasteiger partial charge in [0.05, 0.1) is 23.2 Å². The number of ether oxygens (including phenoxy) is 1. The van der Waals surface area contributed by atoms with Gasteiger partial charge in [0.15, 0.2) is 0 Å². The van der Waals surface area contributed by atoms with E-state index in [9.17, 15) is 4.79 Å². The van der Waals surface area contributed by atoms with Gasteiger partial charge in [-0.15, -0.1) is 0 Å². The summed E-state index contributed by atoms with van der Waals surface area (Å²) in [6.07, 6.45) is 0. The first-order valence-corrected chi connectivity index (χ1v) is 8.23. The fourth-order valence-corrected chi connectivity index (χ4v) is 2.77. The molecule has 3 aromatic rings. The third-order valence-electron chi connectivity index (χ3n) is 3.47. The highest BCUT2D eigenvalue weighted by molar-refractivity contribution is 6.31. The Hall–Kier alpha value is -2.57. The normalized spacial score (nSPS) is 10.1. The molecule has 0 unspecified atom stereocenters. The zero-order valence-corrected chi connectivity index (χ0v) is 15.2. The first-order valence-electron chi connectivity index (χ1n) is 7.85. The number of para-hydroxylation sites is 1. The molecule has 0 aliphatic rings. The number of halogens is 1. The molecule has 0 bridgehead atoms. The van der Waals surface area contributed by atoms with Crippen molar-refractivity contribution in [2.75, 3.05) is 26.0 Å². The van der Waals surface area contributed by atoms with Crippen LogP contribution in [0.5, 0.6) is 5.75 Å². The van der Waals surface area contributed by atoms with Crippen LogP contribution in [0.1, 0.15) is 6.92 Å². The minimum Gasteiger partial charge on any atom is -0.493 e. The van der Waals surface area contributed by atoms with Gasteiger partial charge in [-0.3, -0.25) is 4.57 Å². The van der Waals surface area contributed by atoms with E-state index in [2.05, 4.69) is 16.0 Å². The second-order valence-corrected chi connectivity index (χ2v) is 5.33. The number of hydrogen-bond donors (Lipinski definition) is 2. The van der Waals surface area contributed by atoms with E-state index in [4.69, 9.17) is 16.3 Å².